The topological polar surface area (TPSA) is 70.7 Å². The summed E-state index contributed by atoms with van der Waals surface area (Å²) >= 11 is 0. The lowest BCUT2D eigenvalue weighted by molar-refractivity contribution is -0.139. The minimum atomic E-state index is 0.0254. The maximum Gasteiger partial charge on any atom is 0.236 e. The molecular formula is C14H22N4O3. The van der Waals surface area contributed by atoms with Gasteiger partial charge in [0.25, 0.3) is 0 Å². The fourth-order valence-electron chi connectivity index (χ4n) is 2.77. The molecule has 3 heterocycles. The molecule has 1 N–H and O–H groups in total. The maximum absolute atomic E-state index is 12.4. The van der Waals surface area contributed by atoms with Crippen molar-refractivity contribution in [1.82, 2.24) is 19.8 Å². The Bertz CT molecular complexity index is 484. The van der Waals surface area contributed by atoms with Crippen LogP contribution in [0, 0.1) is 6.92 Å². The van der Waals surface area contributed by atoms with Crippen LogP contribution in [0.4, 0.5) is 0 Å². The Morgan fingerprint density at radius 3 is 2.81 bits per heavy atom. The van der Waals surface area contributed by atoms with E-state index in [0.29, 0.717) is 46.1 Å². The van der Waals surface area contributed by atoms with Crippen molar-refractivity contribution in [2.24, 2.45) is 0 Å². The van der Waals surface area contributed by atoms with Gasteiger partial charge in [-0.25, -0.2) is 4.98 Å². The summed E-state index contributed by atoms with van der Waals surface area (Å²) in [7, 11) is 0. The molecule has 7 nitrogen and oxygen atoms in total. The van der Waals surface area contributed by atoms with Crippen molar-refractivity contribution in [3.05, 3.63) is 17.7 Å². The van der Waals surface area contributed by atoms with E-state index in [0.717, 1.165) is 18.1 Å². The molecule has 0 saturated carbocycles. The number of aryl methyl sites for hydroxylation is 1. The molecule has 0 unspecified atom stereocenters. The van der Waals surface area contributed by atoms with Gasteiger partial charge in [0.1, 0.15) is 5.82 Å². The Morgan fingerprint density at radius 2 is 2.10 bits per heavy atom. The molecule has 1 aromatic rings. The molecule has 2 aliphatic heterocycles. The molecule has 116 valence electrons. The molecule has 0 spiro atoms. The summed E-state index contributed by atoms with van der Waals surface area (Å²) in [6, 6.07) is 0.0254. The van der Waals surface area contributed by atoms with Gasteiger partial charge < -0.3 is 19.4 Å². The van der Waals surface area contributed by atoms with Crippen molar-refractivity contribution in [1.29, 1.82) is 0 Å². The Morgan fingerprint density at radius 1 is 1.33 bits per heavy atom. The summed E-state index contributed by atoms with van der Waals surface area (Å²) in [4.78, 5) is 24.1. The minimum absolute atomic E-state index is 0.0254. The number of hydrogen-bond donors (Lipinski definition) is 1. The van der Waals surface area contributed by atoms with Crippen LogP contribution in [0.2, 0.25) is 0 Å². The van der Waals surface area contributed by atoms with Crippen LogP contribution < -0.4 is 0 Å². The van der Waals surface area contributed by atoms with Gasteiger partial charge in [0.05, 0.1) is 39.0 Å². The summed E-state index contributed by atoms with van der Waals surface area (Å²) in [5.74, 6) is 1.04. The maximum atomic E-state index is 12.4. The number of ether oxygens (including phenoxy) is 2. The van der Waals surface area contributed by atoms with E-state index in [1.807, 2.05) is 18.0 Å². The Hall–Kier alpha value is -1.44. The molecule has 0 aliphatic carbocycles. The summed E-state index contributed by atoms with van der Waals surface area (Å²) in [6.07, 6.45) is 1.81. The highest BCUT2D eigenvalue weighted by molar-refractivity contribution is 5.78. The van der Waals surface area contributed by atoms with Crippen molar-refractivity contribution in [3.8, 4) is 0 Å². The first-order chi connectivity index (χ1) is 10.2. The van der Waals surface area contributed by atoms with Gasteiger partial charge in [-0.2, -0.15) is 0 Å². The van der Waals surface area contributed by atoms with Gasteiger partial charge in [0.15, 0.2) is 0 Å². The van der Waals surface area contributed by atoms with Crippen molar-refractivity contribution in [2.75, 3.05) is 52.6 Å². The number of nitrogens with zero attached hydrogens (tertiary/aromatic N) is 3. The molecule has 2 fully saturated rings. The molecule has 1 aromatic heterocycles. The highest BCUT2D eigenvalue weighted by atomic mass is 16.5. The third kappa shape index (κ3) is 3.42. The van der Waals surface area contributed by atoms with Crippen molar-refractivity contribution >= 4 is 5.91 Å². The lowest BCUT2D eigenvalue weighted by atomic mass is 10.2. The number of imidazole rings is 1. The summed E-state index contributed by atoms with van der Waals surface area (Å²) in [5, 5.41) is 0. The van der Waals surface area contributed by atoms with Crippen LogP contribution in [0.5, 0.6) is 0 Å². The third-order valence-electron chi connectivity index (χ3n) is 3.98. The van der Waals surface area contributed by atoms with Crippen molar-refractivity contribution in [2.45, 2.75) is 13.0 Å². The second-order valence-electron chi connectivity index (χ2n) is 5.51. The number of hydrogen-bond acceptors (Lipinski definition) is 5. The number of carbonyl (C=O) groups is 1. The van der Waals surface area contributed by atoms with Gasteiger partial charge in [-0.15, -0.1) is 0 Å². The lowest BCUT2D eigenvalue weighted by Crippen LogP contribution is -2.49. The largest absolute Gasteiger partial charge is 0.378 e. The van der Waals surface area contributed by atoms with Crippen LogP contribution in [0.3, 0.4) is 0 Å². The molecule has 1 atom stereocenters. The van der Waals surface area contributed by atoms with Gasteiger partial charge >= 0.3 is 0 Å². The molecule has 2 aliphatic rings. The highest BCUT2D eigenvalue weighted by Crippen LogP contribution is 2.21. The van der Waals surface area contributed by atoms with Crippen molar-refractivity contribution < 1.29 is 14.3 Å². The lowest BCUT2D eigenvalue weighted by Gasteiger charge is -2.36. The zero-order valence-corrected chi connectivity index (χ0v) is 12.4. The predicted molar refractivity (Wildman–Crippen MR) is 75.9 cm³/mol. The minimum Gasteiger partial charge on any atom is -0.378 e. The summed E-state index contributed by atoms with van der Waals surface area (Å²) in [6.45, 7) is 7.01. The van der Waals surface area contributed by atoms with Crippen molar-refractivity contribution in [3.63, 3.8) is 0 Å². The Balaban J connectivity index is 1.65. The first kappa shape index (κ1) is 14.5. The number of H-pyrrole nitrogens is 1. The fourth-order valence-corrected chi connectivity index (χ4v) is 2.77. The number of amides is 1. The number of morpholine rings is 2. The second-order valence-corrected chi connectivity index (χ2v) is 5.51. The number of nitrogens with one attached hydrogen (secondary N) is 1. The Labute approximate surface area is 124 Å². The van der Waals surface area contributed by atoms with Crippen LogP contribution in [0.1, 0.15) is 17.6 Å². The standard InChI is InChI=1S/C14H22N4O3/c1-11-8-15-14(16-11)12-10-21-7-4-18(12)9-13(19)17-2-5-20-6-3-17/h8,12H,2-7,9-10H2,1H3,(H,15,16)/t12-/m0/s1. The predicted octanol–water partition coefficient (Wildman–Crippen LogP) is -0.0498. The normalized spacial score (nSPS) is 24.2. The van der Waals surface area contributed by atoms with E-state index < -0.39 is 0 Å². The van der Waals surface area contributed by atoms with E-state index in [1.165, 1.54) is 0 Å². The zero-order valence-electron chi connectivity index (χ0n) is 12.4. The van der Waals surface area contributed by atoms with Crippen LogP contribution in [0.15, 0.2) is 6.20 Å². The SMILES string of the molecule is Cc1cnc([C@@H]2COCCN2CC(=O)N2CCOCC2)[nH]1. The average molecular weight is 294 g/mol. The molecule has 21 heavy (non-hydrogen) atoms. The van der Waals surface area contributed by atoms with Crippen LogP contribution in [0.25, 0.3) is 0 Å². The van der Waals surface area contributed by atoms with Crippen LogP contribution in [-0.2, 0) is 14.3 Å². The van der Waals surface area contributed by atoms with Gasteiger partial charge in [0.2, 0.25) is 5.91 Å². The van der Waals surface area contributed by atoms with Crippen LogP contribution >= 0.6 is 0 Å². The monoisotopic (exact) mass is 294 g/mol. The van der Waals surface area contributed by atoms with Gasteiger partial charge in [0, 0.05) is 31.5 Å². The first-order valence-corrected chi connectivity index (χ1v) is 7.43. The summed E-state index contributed by atoms with van der Waals surface area (Å²) in [5.41, 5.74) is 1.02. The molecular weight excluding hydrogens is 272 g/mol. The van der Waals surface area contributed by atoms with Crippen LogP contribution in [-0.4, -0.2) is 78.3 Å². The highest BCUT2D eigenvalue weighted by Gasteiger charge is 2.30. The van der Waals surface area contributed by atoms with E-state index in [-0.39, 0.29) is 11.9 Å². The first-order valence-electron chi connectivity index (χ1n) is 7.43. The molecule has 7 heteroatoms. The molecule has 1 amide bonds. The van der Waals surface area contributed by atoms with Gasteiger partial charge in [-0.05, 0) is 6.92 Å². The molecule has 2 saturated heterocycles. The van der Waals surface area contributed by atoms with E-state index in [1.54, 1.807) is 0 Å². The molecule has 0 aromatic carbocycles. The van der Waals surface area contributed by atoms with E-state index in [2.05, 4.69) is 14.9 Å². The second kappa shape index (κ2) is 6.55. The number of carbonyl (C=O) groups excluding carboxylic acids is 1. The van der Waals surface area contributed by atoms with E-state index >= 15 is 0 Å². The zero-order chi connectivity index (χ0) is 14.7. The fraction of sp³-hybridized carbons (Fsp3) is 0.714. The van der Waals surface area contributed by atoms with Gasteiger partial charge in [-0.1, -0.05) is 0 Å². The quantitative estimate of drug-likeness (QED) is 0.846. The molecule has 3 rings (SSSR count). The number of rotatable bonds is 3. The molecule has 0 bridgehead atoms. The van der Waals surface area contributed by atoms with E-state index in [9.17, 15) is 4.79 Å². The average Bonchev–Trinajstić information content (AvgIpc) is 2.95. The van der Waals surface area contributed by atoms with E-state index in [4.69, 9.17) is 9.47 Å². The number of aromatic nitrogens is 2. The van der Waals surface area contributed by atoms with Gasteiger partial charge in [-0.3, -0.25) is 9.69 Å². The Kier molecular flexibility index (Phi) is 4.52. The summed E-state index contributed by atoms with van der Waals surface area (Å²) < 4.78 is 10.8. The number of aromatic amines is 1. The molecule has 0 radical (unpaired) electrons. The smallest absolute Gasteiger partial charge is 0.236 e. The third-order valence-corrected chi connectivity index (χ3v) is 3.98.